The molecule has 4 amide bonds. The minimum Gasteiger partial charge on any atom is -0.465 e. The third-order valence-electron chi connectivity index (χ3n) is 6.29. The fraction of sp³-hybridized carbons (Fsp3) is 0.630. The number of carbonyl (C=O) groups excluding carboxylic acids is 3. The van der Waals surface area contributed by atoms with E-state index in [1.165, 1.54) is 4.90 Å². The Morgan fingerprint density at radius 2 is 1.63 bits per heavy atom. The number of amides is 4. The second kappa shape index (κ2) is 15.2. The Labute approximate surface area is 224 Å². The van der Waals surface area contributed by atoms with E-state index in [4.69, 9.17) is 9.84 Å². The van der Waals surface area contributed by atoms with Crippen molar-refractivity contribution in [2.24, 2.45) is 11.8 Å². The molecule has 11 nitrogen and oxygen atoms in total. The van der Waals surface area contributed by atoms with Crippen LogP contribution in [-0.2, 0) is 20.9 Å². The van der Waals surface area contributed by atoms with E-state index in [1.54, 1.807) is 0 Å². The predicted molar refractivity (Wildman–Crippen MR) is 141 cm³/mol. The van der Waals surface area contributed by atoms with Gasteiger partial charge in [0.05, 0.1) is 12.1 Å². The topological polar surface area (TPSA) is 157 Å². The van der Waals surface area contributed by atoms with E-state index in [-0.39, 0.29) is 25.0 Å². The van der Waals surface area contributed by atoms with Gasteiger partial charge in [-0.2, -0.15) is 0 Å². The van der Waals surface area contributed by atoms with E-state index in [1.807, 2.05) is 58.0 Å². The summed E-state index contributed by atoms with van der Waals surface area (Å²) in [5, 5.41) is 27.8. The van der Waals surface area contributed by atoms with Crippen LogP contribution in [0.25, 0.3) is 0 Å². The largest absolute Gasteiger partial charge is 0.465 e. The van der Waals surface area contributed by atoms with Crippen LogP contribution in [0.2, 0.25) is 0 Å². The Kier molecular flexibility index (Phi) is 12.3. The molecular formula is C27H42N4O7. The summed E-state index contributed by atoms with van der Waals surface area (Å²) in [6, 6.07) is 6.80. The number of ether oxygens (including phenoxy) is 1. The lowest BCUT2D eigenvalue weighted by Crippen LogP contribution is -2.55. The highest BCUT2D eigenvalue weighted by molar-refractivity contribution is 5.86. The molecule has 0 bridgehead atoms. The van der Waals surface area contributed by atoms with Gasteiger partial charge >= 0.3 is 12.2 Å². The van der Waals surface area contributed by atoms with Crippen molar-refractivity contribution in [2.45, 2.75) is 84.2 Å². The molecule has 2 rings (SSSR count). The molecule has 4 atom stereocenters. The smallest absolute Gasteiger partial charge is 0.408 e. The van der Waals surface area contributed by atoms with Crippen LogP contribution in [0.1, 0.15) is 58.9 Å². The first-order chi connectivity index (χ1) is 18.0. The lowest BCUT2D eigenvalue weighted by Gasteiger charge is -2.30. The molecule has 1 aliphatic rings. The van der Waals surface area contributed by atoms with Gasteiger partial charge in [-0.3, -0.25) is 9.59 Å². The number of alkyl carbamates (subject to hydrolysis) is 1. The molecule has 0 aromatic heterocycles. The van der Waals surface area contributed by atoms with Gasteiger partial charge in [0.25, 0.3) is 0 Å². The van der Waals surface area contributed by atoms with Crippen molar-refractivity contribution in [2.75, 3.05) is 13.1 Å². The summed E-state index contributed by atoms with van der Waals surface area (Å²) in [5.74, 6) is -0.645. The molecule has 2 unspecified atom stereocenters. The molecule has 212 valence electrons. The quantitative estimate of drug-likeness (QED) is 0.292. The average molecular weight is 535 g/mol. The predicted octanol–water partition coefficient (Wildman–Crippen LogP) is 2.48. The summed E-state index contributed by atoms with van der Waals surface area (Å²) >= 11 is 0. The maximum Gasteiger partial charge on any atom is 0.408 e. The van der Waals surface area contributed by atoms with Gasteiger partial charge in [-0.1, -0.05) is 58.0 Å². The maximum atomic E-state index is 13.1. The Morgan fingerprint density at radius 3 is 2.24 bits per heavy atom. The molecule has 0 radical (unpaired) electrons. The van der Waals surface area contributed by atoms with E-state index >= 15 is 0 Å². The van der Waals surface area contributed by atoms with E-state index < -0.39 is 48.2 Å². The van der Waals surface area contributed by atoms with Gasteiger partial charge in [-0.25, -0.2) is 9.59 Å². The SMILES string of the molecule is CC(C)C[C@H](NC(=O)OCc1ccccc1)C(=O)NC1CCCN(C(=O)[C@H](CC(C)C)NC(=O)O)CC1O. The molecule has 11 heteroatoms. The summed E-state index contributed by atoms with van der Waals surface area (Å²) in [7, 11) is 0. The van der Waals surface area contributed by atoms with Crippen LogP contribution >= 0.6 is 0 Å². The Balaban J connectivity index is 1.99. The number of nitrogens with one attached hydrogen (secondary N) is 3. The number of aliphatic hydroxyl groups is 1. The van der Waals surface area contributed by atoms with Crippen LogP contribution in [0, 0.1) is 11.8 Å². The van der Waals surface area contributed by atoms with Crippen molar-refractivity contribution >= 4 is 24.0 Å². The molecule has 38 heavy (non-hydrogen) atoms. The fourth-order valence-electron chi connectivity index (χ4n) is 4.46. The second-order valence-corrected chi connectivity index (χ2v) is 10.6. The van der Waals surface area contributed by atoms with Gasteiger partial charge < -0.3 is 35.8 Å². The summed E-state index contributed by atoms with van der Waals surface area (Å²) in [6.45, 7) is 8.01. The molecule has 5 N–H and O–H groups in total. The van der Waals surface area contributed by atoms with Crippen molar-refractivity contribution in [3.63, 3.8) is 0 Å². The number of aliphatic hydroxyl groups excluding tert-OH is 1. The van der Waals surface area contributed by atoms with Crippen LogP contribution in [-0.4, -0.2) is 76.4 Å². The van der Waals surface area contributed by atoms with Crippen LogP contribution in [0.4, 0.5) is 9.59 Å². The number of benzene rings is 1. The molecule has 0 saturated carbocycles. The summed E-state index contributed by atoms with van der Waals surface area (Å²) in [4.78, 5) is 51.2. The summed E-state index contributed by atoms with van der Waals surface area (Å²) in [5.41, 5.74) is 0.822. The molecular weight excluding hydrogens is 492 g/mol. The normalized spacial score (nSPS) is 19.3. The molecule has 1 aromatic rings. The number of hydrogen-bond acceptors (Lipinski definition) is 6. The van der Waals surface area contributed by atoms with E-state index in [0.717, 1.165) is 5.56 Å². The Hall–Kier alpha value is -3.34. The van der Waals surface area contributed by atoms with Crippen molar-refractivity contribution in [1.29, 1.82) is 0 Å². The number of likely N-dealkylation sites (tertiary alicyclic amines) is 1. The zero-order chi connectivity index (χ0) is 28.2. The molecule has 1 heterocycles. The number of carbonyl (C=O) groups is 4. The summed E-state index contributed by atoms with van der Waals surface area (Å²) in [6.07, 6.45) is -1.41. The molecule has 0 aliphatic carbocycles. The highest BCUT2D eigenvalue weighted by Crippen LogP contribution is 2.16. The number of β-amino-alcohol motifs (C(OH)–C–C–N with tert-alkyl or cyclic N) is 1. The standard InChI is InChI=1S/C27H42N4O7/c1-17(2)13-21(30-27(37)38-16-19-9-6-5-7-10-19)24(33)28-20-11-8-12-31(15-23(20)32)25(34)22(14-18(3)4)29-26(35)36/h5-7,9-10,17-18,20-23,29,32H,8,11-16H2,1-4H3,(H,28,33)(H,30,37)(H,35,36)/t20?,21-,22-,23?/m0/s1. The molecule has 1 saturated heterocycles. The van der Waals surface area contributed by atoms with Gasteiger partial charge in [-0.05, 0) is 43.1 Å². The maximum absolute atomic E-state index is 13.1. The van der Waals surface area contributed by atoms with Crippen molar-refractivity contribution < 1.29 is 34.1 Å². The van der Waals surface area contributed by atoms with Crippen LogP contribution in [0.3, 0.4) is 0 Å². The second-order valence-electron chi connectivity index (χ2n) is 10.6. The highest BCUT2D eigenvalue weighted by Gasteiger charge is 2.34. The minimum atomic E-state index is -1.28. The zero-order valence-electron chi connectivity index (χ0n) is 22.7. The first kappa shape index (κ1) is 30.9. The Bertz CT molecular complexity index is 925. The van der Waals surface area contributed by atoms with Crippen LogP contribution in [0.15, 0.2) is 30.3 Å². The van der Waals surface area contributed by atoms with Gasteiger partial charge in [-0.15, -0.1) is 0 Å². The first-order valence-electron chi connectivity index (χ1n) is 13.2. The van der Waals surface area contributed by atoms with Crippen LogP contribution in [0.5, 0.6) is 0 Å². The fourth-order valence-corrected chi connectivity index (χ4v) is 4.46. The molecule has 1 aromatic carbocycles. The lowest BCUT2D eigenvalue weighted by molar-refractivity contribution is -0.135. The third kappa shape index (κ3) is 10.6. The molecule has 1 fully saturated rings. The molecule has 1 aliphatic heterocycles. The van der Waals surface area contributed by atoms with Crippen molar-refractivity contribution in [3.8, 4) is 0 Å². The number of nitrogens with zero attached hydrogens (tertiary/aromatic N) is 1. The van der Waals surface area contributed by atoms with Crippen molar-refractivity contribution in [3.05, 3.63) is 35.9 Å². The highest BCUT2D eigenvalue weighted by atomic mass is 16.5. The molecule has 0 spiro atoms. The van der Waals surface area contributed by atoms with E-state index in [2.05, 4.69) is 16.0 Å². The zero-order valence-corrected chi connectivity index (χ0v) is 22.7. The number of rotatable bonds is 11. The lowest BCUT2D eigenvalue weighted by atomic mass is 10.0. The van der Waals surface area contributed by atoms with Gasteiger partial charge in [0.1, 0.15) is 18.7 Å². The van der Waals surface area contributed by atoms with E-state index in [9.17, 15) is 24.3 Å². The van der Waals surface area contributed by atoms with Gasteiger partial charge in [0, 0.05) is 13.1 Å². The van der Waals surface area contributed by atoms with Crippen molar-refractivity contribution in [1.82, 2.24) is 20.9 Å². The monoisotopic (exact) mass is 534 g/mol. The van der Waals surface area contributed by atoms with Gasteiger partial charge in [0.2, 0.25) is 11.8 Å². The minimum absolute atomic E-state index is 0.0406. The van der Waals surface area contributed by atoms with Gasteiger partial charge in [0.15, 0.2) is 0 Å². The third-order valence-corrected chi connectivity index (χ3v) is 6.29. The number of hydrogen-bond donors (Lipinski definition) is 5. The Morgan fingerprint density at radius 1 is 1.00 bits per heavy atom. The van der Waals surface area contributed by atoms with Crippen LogP contribution < -0.4 is 16.0 Å². The van der Waals surface area contributed by atoms with E-state index in [0.29, 0.717) is 32.2 Å². The first-order valence-corrected chi connectivity index (χ1v) is 13.2. The number of carboxylic acid groups (broad SMARTS) is 1. The average Bonchev–Trinajstić information content (AvgIpc) is 3.02. The summed E-state index contributed by atoms with van der Waals surface area (Å²) < 4.78 is 5.27.